The predicted octanol–water partition coefficient (Wildman–Crippen LogP) is 2.79. The molecule has 1 heterocycles. The van der Waals surface area contributed by atoms with Crippen LogP contribution < -0.4 is 4.72 Å². The molecule has 0 radical (unpaired) electrons. The molecule has 2 N–H and O–H groups in total. The summed E-state index contributed by atoms with van der Waals surface area (Å²) < 4.78 is 28.0. The average Bonchev–Trinajstić information content (AvgIpc) is 2.78. The molecule has 0 aliphatic heterocycles. The van der Waals surface area contributed by atoms with Gasteiger partial charge >= 0.3 is 0 Å². The SMILES string of the molecule is Cc1cc(S(=O)(=O)NCc2ccc(CO)cc2)sc1Br. The molecule has 0 saturated carbocycles. The van der Waals surface area contributed by atoms with E-state index in [-0.39, 0.29) is 13.2 Å². The summed E-state index contributed by atoms with van der Waals surface area (Å²) in [6.07, 6.45) is 0. The van der Waals surface area contributed by atoms with Crippen molar-refractivity contribution in [3.8, 4) is 0 Å². The van der Waals surface area contributed by atoms with E-state index >= 15 is 0 Å². The lowest BCUT2D eigenvalue weighted by Gasteiger charge is -2.05. The zero-order chi connectivity index (χ0) is 14.8. The van der Waals surface area contributed by atoms with Crippen LogP contribution in [-0.4, -0.2) is 13.5 Å². The third kappa shape index (κ3) is 3.67. The molecule has 1 aromatic heterocycles. The molecule has 108 valence electrons. The second-order valence-electron chi connectivity index (χ2n) is 4.32. The molecule has 0 aliphatic carbocycles. The lowest BCUT2D eigenvalue weighted by atomic mass is 10.1. The van der Waals surface area contributed by atoms with E-state index in [0.29, 0.717) is 4.21 Å². The number of thiophene rings is 1. The van der Waals surface area contributed by atoms with E-state index in [0.717, 1.165) is 20.5 Å². The van der Waals surface area contributed by atoms with Crippen LogP contribution in [0.3, 0.4) is 0 Å². The van der Waals surface area contributed by atoms with E-state index in [1.54, 1.807) is 30.3 Å². The lowest BCUT2D eigenvalue weighted by molar-refractivity contribution is 0.282. The standard InChI is InChI=1S/C13H14BrNO3S2/c1-9-6-12(19-13(9)14)20(17,18)15-7-10-2-4-11(8-16)5-3-10/h2-6,15-16H,7-8H2,1H3. The summed E-state index contributed by atoms with van der Waals surface area (Å²) in [4.78, 5) is 0. The minimum atomic E-state index is -3.49. The highest BCUT2D eigenvalue weighted by molar-refractivity contribution is 9.11. The van der Waals surface area contributed by atoms with E-state index in [9.17, 15) is 8.42 Å². The Morgan fingerprint density at radius 3 is 2.35 bits per heavy atom. The minimum absolute atomic E-state index is 0.0193. The first-order valence-corrected chi connectivity index (χ1v) is 8.96. The third-order valence-electron chi connectivity index (χ3n) is 2.77. The fraction of sp³-hybridized carbons (Fsp3) is 0.231. The van der Waals surface area contributed by atoms with Crippen molar-refractivity contribution >= 4 is 37.3 Å². The first-order valence-electron chi connectivity index (χ1n) is 5.86. The van der Waals surface area contributed by atoms with Crippen LogP contribution in [0.5, 0.6) is 0 Å². The number of nitrogens with one attached hydrogen (secondary N) is 1. The number of rotatable bonds is 5. The van der Waals surface area contributed by atoms with Crippen molar-refractivity contribution in [1.29, 1.82) is 0 Å². The largest absolute Gasteiger partial charge is 0.392 e. The summed E-state index contributed by atoms with van der Waals surface area (Å²) in [5, 5.41) is 8.95. The van der Waals surface area contributed by atoms with Crippen LogP contribution in [0.1, 0.15) is 16.7 Å². The first-order chi connectivity index (χ1) is 9.42. The van der Waals surface area contributed by atoms with Gasteiger partial charge in [0.15, 0.2) is 0 Å². The molecule has 2 rings (SSSR count). The number of sulfonamides is 1. The van der Waals surface area contributed by atoms with Crippen LogP contribution >= 0.6 is 27.3 Å². The van der Waals surface area contributed by atoms with Gasteiger partial charge in [-0.3, -0.25) is 0 Å². The molecular weight excluding hydrogens is 362 g/mol. The molecule has 0 bridgehead atoms. The van der Waals surface area contributed by atoms with E-state index in [1.165, 1.54) is 11.3 Å². The third-order valence-corrected chi connectivity index (χ3v) is 6.78. The molecular formula is C13H14BrNO3S2. The maximum atomic E-state index is 12.1. The first kappa shape index (κ1) is 15.7. The summed E-state index contributed by atoms with van der Waals surface area (Å²) in [5.41, 5.74) is 2.55. The van der Waals surface area contributed by atoms with Crippen molar-refractivity contribution in [2.75, 3.05) is 0 Å². The summed E-state index contributed by atoms with van der Waals surface area (Å²) in [6.45, 7) is 2.06. The smallest absolute Gasteiger partial charge is 0.250 e. The van der Waals surface area contributed by atoms with Gasteiger partial charge in [0, 0.05) is 6.54 Å². The highest BCUT2D eigenvalue weighted by Gasteiger charge is 2.17. The maximum absolute atomic E-state index is 12.1. The summed E-state index contributed by atoms with van der Waals surface area (Å²) in [7, 11) is -3.49. The van der Waals surface area contributed by atoms with Crippen molar-refractivity contribution in [2.24, 2.45) is 0 Å². The molecule has 0 unspecified atom stereocenters. The number of hydrogen-bond donors (Lipinski definition) is 2. The lowest BCUT2D eigenvalue weighted by Crippen LogP contribution is -2.22. The second kappa shape index (κ2) is 6.36. The summed E-state index contributed by atoms with van der Waals surface area (Å²) in [5.74, 6) is 0. The monoisotopic (exact) mass is 375 g/mol. The Morgan fingerprint density at radius 2 is 1.85 bits per heavy atom. The fourth-order valence-electron chi connectivity index (χ4n) is 1.58. The molecule has 7 heteroatoms. The Bertz CT molecular complexity index is 673. The average molecular weight is 376 g/mol. The van der Waals surface area contributed by atoms with Crippen LogP contribution in [0.15, 0.2) is 38.3 Å². The Hall–Kier alpha value is -0.730. The number of aryl methyl sites for hydroxylation is 1. The van der Waals surface area contributed by atoms with Gasteiger partial charge in [0.2, 0.25) is 10.0 Å². The normalized spacial score (nSPS) is 11.8. The zero-order valence-corrected chi connectivity index (χ0v) is 14.0. The number of aliphatic hydroxyl groups excluding tert-OH is 1. The summed E-state index contributed by atoms with van der Waals surface area (Å²) >= 11 is 4.52. The molecule has 0 aliphatic rings. The van der Waals surface area contributed by atoms with Crippen LogP contribution in [0.4, 0.5) is 0 Å². The molecule has 0 amide bonds. The van der Waals surface area contributed by atoms with Gasteiger partial charge in [-0.1, -0.05) is 24.3 Å². The molecule has 0 atom stereocenters. The second-order valence-corrected chi connectivity index (χ2v) is 8.69. The Morgan fingerprint density at radius 1 is 1.25 bits per heavy atom. The highest BCUT2D eigenvalue weighted by atomic mass is 79.9. The van der Waals surface area contributed by atoms with Crippen LogP contribution in [0, 0.1) is 6.92 Å². The highest BCUT2D eigenvalue weighted by Crippen LogP contribution is 2.30. The number of benzene rings is 1. The van der Waals surface area contributed by atoms with E-state index in [2.05, 4.69) is 20.7 Å². The van der Waals surface area contributed by atoms with Crippen molar-refractivity contribution in [3.05, 3.63) is 50.8 Å². The molecule has 2 aromatic rings. The van der Waals surface area contributed by atoms with Crippen LogP contribution in [-0.2, 0) is 23.2 Å². The molecule has 0 spiro atoms. The number of halogens is 1. The van der Waals surface area contributed by atoms with Gasteiger partial charge in [-0.15, -0.1) is 11.3 Å². The van der Waals surface area contributed by atoms with Gasteiger partial charge in [-0.2, -0.15) is 0 Å². The van der Waals surface area contributed by atoms with Gasteiger partial charge in [0.05, 0.1) is 10.4 Å². The fourth-order valence-corrected chi connectivity index (χ4v) is 4.86. The van der Waals surface area contributed by atoms with Gasteiger partial charge in [0.1, 0.15) is 4.21 Å². The Balaban J connectivity index is 2.08. The van der Waals surface area contributed by atoms with Crippen molar-refractivity contribution < 1.29 is 13.5 Å². The van der Waals surface area contributed by atoms with E-state index in [4.69, 9.17) is 5.11 Å². The van der Waals surface area contributed by atoms with Gasteiger partial charge in [-0.05, 0) is 45.6 Å². The van der Waals surface area contributed by atoms with Gasteiger partial charge in [0.25, 0.3) is 0 Å². The van der Waals surface area contributed by atoms with Gasteiger partial charge in [-0.25, -0.2) is 13.1 Å². The quantitative estimate of drug-likeness (QED) is 0.844. The molecule has 1 aromatic carbocycles. The zero-order valence-electron chi connectivity index (χ0n) is 10.8. The van der Waals surface area contributed by atoms with E-state index in [1.807, 2.05) is 6.92 Å². The molecule has 20 heavy (non-hydrogen) atoms. The van der Waals surface area contributed by atoms with Crippen molar-refractivity contribution in [1.82, 2.24) is 4.72 Å². The van der Waals surface area contributed by atoms with Crippen molar-refractivity contribution in [3.63, 3.8) is 0 Å². The van der Waals surface area contributed by atoms with Crippen LogP contribution in [0.25, 0.3) is 0 Å². The van der Waals surface area contributed by atoms with Crippen LogP contribution in [0.2, 0.25) is 0 Å². The van der Waals surface area contributed by atoms with Crippen molar-refractivity contribution in [2.45, 2.75) is 24.3 Å². The van der Waals surface area contributed by atoms with Gasteiger partial charge < -0.3 is 5.11 Å². The van der Waals surface area contributed by atoms with E-state index < -0.39 is 10.0 Å². The topological polar surface area (TPSA) is 66.4 Å². The Labute approximate surface area is 130 Å². The summed E-state index contributed by atoms with van der Waals surface area (Å²) in [6, 6.07) is 8.78. The molecule has 4 nitrogen and oxygen atoms in total. The predicted molar refractivity (Wildman–Crippen MR) is 83.1 cm³/mol. The molecule has 0 fully saturated rings. The number of aliphatic hydroxyl groups is 1. The maximum Gasteiger partial charge on any atom is 0.250 e. The minimum Gasteiger partial charge on any atom is -0.392 e. The number of hydrogen-bond acceptors (Lipinski definition) is 4. The molecule has 0 saturated heterocycles. The Kier molecular flexibility index (Phi) is 4.98.